The maximum Gasteiger partial charge on any atom is 0.128 e. The minimum Gasteiger partial charge on any atom is -0.411 e. The topological polar surface area (TPSA) is 52.8 Å². The molecule has 0 fully saturated rings. The van der Waals surface area contributed by atoms with Gasteiger partial charge in [-0.05, 0) is 19.4 Å². The average Bonchev–Trinajstić information content (AvgIpc) is 2.18. The Kier molecular flexibility index (Phi) is 4.84. The molecule has 1 aromatic carbocycles. The Bertz CT molecular complexity index is 309. The summed E-state index contributed by atoms with van der Waals surface area (Å²) in [4.78, 5) is 0. The van der Waals surface area contributed by atoms with Crippen LogP contribution in [0.3, 0.4) is 0 Å². The predicted octanol–water partition coefficient (Wildman–Crippen LogP) is 1.74. The van der Waals surface area contributed by atoms with Crippen LogP contribution in [-0.4, -0.2) is 16.0 Å². The van der Waals surface area contributed by atoms with Gasteiger partial charge in [0.15, 0.2) is 0 Å². The molecule has 1 aromatic rings. The van der Waals surface area contributed by atoms with Crippen molar-refractivity contribution in [1.82, 2.24) is 0 Å². The van der Waals surface area contributed by atoms with E-state index in [4.69, 9.17) is 5.21 Å². The number of oxime groups is 1. The third kappa shape index (κ3) is 2.58. The molecule has 1 rings (SSSR count). The van der Waals surface area contributed by atoms with Crippen LogP contribution < -0.4 is 0 Å². The van der Waals surface area contributed by atoms with Gasteiger partial charge in [0.05, 0.1) is 5.71 Å². The number of hydrogen-bond acceptors (Lipinski definition) is 3. The molecule has 0 saturated carbocycles. The van der Waals surface area contributed by atoms with Crippen LogP contribution in [0.5, 0.6) is 0 Å². The van der Waals surface area contributed by atoms with E-state index in [2.05, 4.69) is 5.16 Å². The summed E-state index contributed by atoms with van der Waals surface area (Å²) in [6.45, 7) is 3.17. The molecule has 0 aromatic heterocycles. The Labute approximate surface area is 93.9 Å². The van der Waals surface area contributed by atoms with E-state index in [0.717, 1.165) is 0 Å². The summed E-state index contributed by atoms with van der Waals surface area (Å²) in [5.41, 5.74) is -0.209. The van der Waals surface area contributed by atoms with Crippen LogP contribution in [-0.2, 0) is 22.7 Å². The quantitative estimate of drug-likeness (QED) is 0.354. The van der Waals surface area contributed by atoms with E-state index in [1.165, 1.54) is 0 Å². The van der Waals surface area contributed by atoms with Crippen molar-refractivity contribution < 1.29 is 27.4 Å². The number of nitrogens with zero attached hydrogens (tertiary/aromatic N) is 1. The Balaban J connectivity index is 0.00000169. The average molecular weight is 234 g/mol. The van der Waals surface area contributed by atoms with Gasteiger partial charge in [-0.15, -0.1) is 0 Å². The number of rotatable bonds is 2. The molecular weight excluding hydrogens is 221 g/mol. The van der Waals surface area contributed by atoms with Crippen molar-refractivity contribution >= 4 is 5.71 Å². The van der Waals surface area contributed by atoms with Crippen LogP contribution in [0.4, 0.5) is 0 Å². The summed E-state index contributed by atoms with van der Waals surface area (Å²) in [5, 5.41) is 21.5. The number of aliphatic hydroxyl groups is 1. The summed E-state index contributed by atoms with van der Waals surface area (Å²) < 4.78 is 0. The summed E-state index contributed by atoms with van der Waals surface area (Å²) in [6, 6.07) is 9.09. The fourth-order valence-electron chi connectivity index (χ4n) is 1.07. The van der Waals surface area contributed by atoms with E-state index in [9.17, 15) is 5.11 Å². The standard InChI is InChI=1S/C10H13NO2.Mn/c1-8(11-13)10(2,12)9-6-4-3-5-7-9;/h3-7,12-13H,1-2H3;. The van der Waals surface area contributed by atoms with Gasteiger partial charge in [-0.1, -0.05) is 35.5 Å². The van der Waals surface area contributed by atoms with E-state index in [-0.39, 0.29) is 22.8 Å². The van der Waals surface area contributed by atoms with Crippen LogP contribution >= 0.6 is 0 Å². The Morgan fingerprint density at radius 1 is 1.29 bits per heavy atom. The van der Waals surface area contributed by atoms with E-state index in [1.807, 2.05) is 18.2 Å². The minimum atomic E-state index is -1.20. The van der Waals surface area contributed by atoms with Gasteiger partial charge in [0.1, 0.15) is 5.60 Å². The molecule has 2 N–H and O–H groups in total. The molecule has 3 nitrogen and oxygen atoms in total. The van der Waals surface area contributed by atoms with E-state index >= 15 is 0 Å². The summed E-state index contributed by atoms with van der Waals surface area (Å²) >= 11 is 0. The zero-order valence-corrected chi connectivity index (χ0v) is 9.29. The largest absolute Gasteiger partial charge is 0.411 e. The molecule has 0 saturated heterocycles. The zero-order valence-electron chi connectivity index (χ0n) is 8.11. The third-order valence-corrected chi connectivity index (χ3v) is 2.19. The Hall–Kier alpha value is -0.831. The molecule has 77 valence electrons. The molecule has 0 heterocycles. The first-order valence-corrected chi connectivity index (χ1v) is 4.06. The molecule has 0 amide bonds. The van der Waals surface area contributed by atoms with Crippen molar-refractivity contribution in [2.24, 2.45) is 5.16 Å². The third-order valence-electron chi connectivity index (χ3n) is 2.19. The fourth-order valence-corrected chi connectivity index (χ4v) is 1.07. The van der Waals surface area contributed by atoms with Crippen molar-refractivity contribution in [2.75, 3.05) is 0 Å². The van der Waals surface area contributed by atoms with E-state index < -0.39 is 5.60 Å². The Morgan fingerprint density at radius 3 is 2.21 bits per heavy atom. The van der Waals surface area contributed by atoms with Crippen LogP contribution in [0.25, 0.3) is 0 Å². The normalized spacial score (nSPS) is 15.5. The number of hydrogen-bond donors (Lipinski definition) is 2. The monoisotopic (exact) mass is 234 g/mol. The smallest absolute Gasteiger partial charge is 0.128 e. The molecule has 1 unspecified atom stereocenters. The second kappa shape index (κ2) is 5.15. The minimum absolute atomic E-state index is 0. The molecule has 4 heteroatoms. The Morgan fingerprint density at radius 2 is 1.79 bits per heavy atom. The molecule has 0 aliphatic carbocycles. The SMILES string of the molecule is CC(=NO)C(C)(O)c1ccccc1.[Mn]. The summed E-state index contributed by atoms with van der Waals surface area (Å²) in [6.07, 6.45) is 0. The van der Waals surface area contributed by atoms with Gasteiger partial charge < -0.3 is 10.3 Å². The maximum atomic E-state index is 9.96. The van der Waals surface area contributed by atoms with Crippen molar-refractivity contribution in [3.63, 3.8) is 0 Å². The van der Waals surface area contributed by atoms with Crippen molar-refractivity contribution in [2.45, 2.75) is 19.4 Å². The molecule has 1 radical (unpaired) electrons. The molecule has 14 heavy (non-hydrogen) atoms. The first-order valence-electron chi connectivity index (χ1n) is 4.06. The van der Waals surface area contributed by atoms with Gasteiger partial charge in [0.25, 0.3) is 0 Å². The zero-order chi connectivity index (χ0) is 9.90. The molecule has 0 aliphatic rings. The fraction of sp³-hybridized carbons (Fsp3) is 0.300. The van der Waals surface area contributed by atoms with Crippen LogP contribution in [0.1, 0.15) is 19.4 Å². The van der Waals surface area contributed by atoms with Gasteiger partial charge in [-0.3, -0.25) is 0 Å². The van der Waals surface area contributed by atoms with Crippen LogP contribution in [0, 0.1) is 0 Å². The maximum absolute atomic E-state index is 9.96. The van der Waals surface area contributed by atoms with Crippen molar-refractivity contribution in [3.05, 3.63) is 35.9 Å². The second-order valence-electron chi connectivity index (χ2n) is 3.12. The first-order chi connectivity index (χ1) is 6.09. The van der Waals surface area contributed by atoms with Gasteiger partial charge in [0.2, 0.25) is 0 Å². The van der Waals surface area contributed by atoms with Crippen molar-refractivity contribution in [1.29, 1.82) is 0 Å². The molecule has 0 spiro atoms. The molecular formula is C10H13MnNO2. The van der Waals surface area contributed by atoms with Crippen molar-refractivity contribution in [3.8, 4) is 0 Å². The van der Waals surface area contributed by atoms with Gasteiger partial charge in [-0.2, -0.15) is 0 Å². The molecule has 0 aliphatic heterocycles. The predicted molar refractivity (Wildman–Crippen MR) is 50.9 cm³/mol. The van der Waals surface area contributed by atoms with E-state index in [0.29, 0.717) is 5.56 Å². The summed E-state index contributed by atoms with van der Waals surface area (Å²) in [7, 11) is 0. The van der Waals surface area contributed by atoms with Crippen LogP contribution in [0.15, 0.2) is 35.5 Å². The van der Waals surface area contributed by atoms with Gasteiger partial charge in [-0.25, -0.2) is 0 Å². The first kappa shape index (κ1) is 13.2. The molecule has 1 atom stereocenters. The molecule has 0 bridgehead atoms. The van der Waals surface area contributed by atoms with Gasteiger partial charge in [0, 0.05) is 17.1 Å². The van der Waals surface area contributed by atoms with Crippen LogP contribution in [0.2, 0.25) is 0 Å². The van der Waals surface area contributed by atoms with E-state index in [1.54, 1.807) is 26.0 Å². The summed E-state index contributed by atoms with van der Waals surface area (Å²) in [5.74, 6) is 0. The van der Waals surface area contributed by atoms with Gasteiger partial charge >= 0.3 is 0 Å². The second-order valence-corrected chi connectivity index (χ2v) is 3.12. The number of benzene rings is 1.